The van der Waals surface area contributed by atoms with Gasteiger partial charge < -0.3 is 5.73 Å². The molecule has 1 fully saturated rings. The quantitative estimate of drug-likeness (QED) is 0.579. The fraction of sp³-hybridized carbons (Fsp3) is 1.00. The van der Waals surface area contributed by atoms with Gasteiger partial charge in [0.25, 0.3) is 0 Å². The maximum absolute atomic E-state index is 5.68. The van der Waals surface area contributed by atoms with E-state index >= 15 is 0 Å². The molecule has 0 radical (unpaired) electrons. The highest BCUT2D eigenvalue weighted by Crippen LogP contribution is 2.27. The molecule has 2 atom stereocenters. The van der Waals surface area contributed by atoms with E-state index in [9.17, 15) is 0 Å². The van der Waals surface area contributed by atoms with Crippen LogP contribution < -0.4 is 5.73 Å². The van der Waals surface area contributed by atoms with Crippen molar-refractivity contribution in [1.82, 2.24) is 0 Å². The van der Waals surface area contributed by atoms with E-state index in [1.54, 1.807) is 0 Å². The molecule has 1 nitrogen and oxygen atoms in total. The first kappa shape index (κ1) is 6.43. The molecule has 1 unspecified atom stereocenters. The second-order valence-electron chi connectivity index (χ2n) is 2.36. The molecule has 0 spiro atoms. The molecule has 0 aromatic carbocycles. The zero-order valence-corrected chi connectivity index (χ0v) is 6.08. The van der Waals surface area contributed by atoms with Crippen LogP contribution in [0, 0.1) is 0 Å². The summed E-state index contributed by atoms with van der Waals surface area (Å²) in [5.74, 6) is 1.18. The van der Waals surface area contributed by atoms with Crippen LogP contribution >= 0.6 is 11.8 Å². The fourth-order valence-corrected chi connectivity index (χ4v) is 2.29. The Morgan fingerprint density at radius 2 is 2.50 bits per heavy atom. The number of nitrogens with two attached hydrogens (primary N) is 1. The van der Waals surface area contributed by atoms with Crippen molar-refractivity contribution in [3.8, 4) is 0 Å². The van der Waals surface area contributed by atoms with E-state index in [0.717, 1.165) is 5.25 Å². The smallest absolute Gasteiger partial charge is 0.0141 e. The van der Waals surface area contributed by atoms with Gasteiger partial charge in [0.05, 0.1) is 0 Å². The van der Waals surface area contributed by atoms with Crippen LogP contribution in [0.5, 0.6) is 0 Å². The van der Waals surface area contributed by atoms with Crippen molar-refractivity contribution in [2.45, 2.75) is 31.1 Å². The molecular formula is C6H13NS. The standard InChI is InChI=1S/C6H13NS/c1-2-6-3-5(7)4-8-6/h5-6H,2-4,7H2,1H3/t5?,6-/m0/s1. The number of rotatable bonds is 1. The highest BCUT2D eigenvalue weighted by molar-refractivity contribution is 8.00. The maximum Gasteiger partial charge on any atom is 0.0141 e. The van der Waals surface area contributed by atoms with Gasteiger partial charge in [0.2, 0.25) is 0 Å². The van der Waals surface area contributed by atoms with Crippen LogP contribution in [-0.4, -0.2) is 17.0 Å². The highest BCUT2D eigenvalue weighted by Gasteiger charge is 2.19. The van der Waals surface area contributed by atoms with Crippen molar-refractivity contribution in [1.29, 1.82) is 0 Å². The molecule has 1 saturated heterocycles. The topological polar surface area (TPSA) is 26.0 Å². The van der Waals surface area contributed by atoms with E-state index in [2.05, 4.69) is 6.92 Å². The first-order valence-corrected chi connectivity index (χ1v) is 4.25. The van der Waals surface area contributed by atoms with Gasteiger partial charge in [-0.05, 0) is 12.8 Å². The van der Waals surface area contributed by atoms with Gasteiger partial charge >= 0.3 is 0 Å². The molecule has 1 aliphatic rings. The fourth-order valence-electron chi connectivity index (χ4n) is 1.02. The Hall–Kier alpha value is 0.310. The van der Waals surface area contributed by atoms with Crippen molar-refractivity contribution < 1.29 is 0 Å². The SMILES string of the molecule is CC[C@H]1CC(N)CS1. The molecule has 2 heteroatoms. The molecule has 2 N–H and O–H groups in total. The molecule has 0 bridgehead atoms. The second-order valence-corrected chi connectivity index (χ2v) is 3.69. The van der Waals surface area contributed by atoms with Crippen LogP contribution in [0.15, 0.2) is 0 Å². The van der Waals surface area contributed by atoms with Crippen molar-refractivity contribution >= 4 is 11.8 Å². The molecule has 8 heavy (non-hydrogen) atoms. The van der Waals surface area contributed by atoms with Crippen molar-refractivity contribution in [2.24, 2.45) is 5.73 Å². The zero-order chi connectivity index (χ0) is 5.98. The van der Waals surface area contributed by atoms with Crippen LogP contribution in [0.2, 0.25) is 0 Å². The van der Waals surface area contributed by atoms with Crippen LogP contribution in [-0.2, 0) is 0 Å². The Balaban J connectivity index is 2.22. The molecule has 1 rings (SSSR count). The summed E-state index contributed by atoms with van der Waals surface area (Å²) in [6.07, 6.45) is 2.53. The van der Waals surface area contributed by atoms with Gasteiger partial charge in [-0.1, -0.05) is 6.92 Å². The molecule has 0 aromatic heterocycles. The van der Waals surface area contributed by atoms with E-state index in [1.807, 2.05) is 11.8 Å². The van der Waals surface area contributed by atoms with Crippen LogP contribution in [0.1, 0.15) is 19.8 Å². The highest BCUT2D eigenvalue weighted by atomic mass is 32.2. The Morgan fingerprint density at radius 3 is 2.75 bits per heavy atom. The Kier molecular flexibility index (Phi) is 2.20. The summed E-state index contributed by atoms with van der Waals surface area (Å²) in [6.45, 7) is 2.23. The maximum atomic E-state index is 5.68. The normalized spacial score (nSPS) is 38.2. The van der Waals surface area contributed by atoms with Crippen LogP contribution in [0.4, 0.5) is 0 Å². The van der Waals surface area contributed by atoms with E-state index in [1.165, 1.54) is 18.6 Å². The third kappa shape index (κ3) is 1.39. The molecule has 0 aromatic rings. The predicted molar refractivity (Wildman–Crippen MR) is 39.1 cm³/mol. The summed E-state index contributed by atoms with van der Waals surface area (Å²) in [6, 6.07) is 0.491. The van der Waals surface area contributed by atoms with E-state index in [0.29, 0.717) is 6.04 Å². The van der Waals surface area contributed by atoms with Crippen LogP contribution in [0.25, 0.3) is 0 Å². The van der Waals surface area contributed by atoms with Gasteiger partial charge in [0.15, 0.2) is 0 Å². The molecule has 1 aliphatic heterocycles. The number of hydrogen-bond acceptors (Lipinski definition) is 2. The Bertz CT molecular complexity index is 74.9. The predicted octanol–water partition coefficient (Wildman–Crippen LogP) is 1.23. The summed E-state index contributed by atoms with van der Waals surface area (Å²) in [7, 11) is 0. The molecule has 1 heterocycles. The lowest BCUT2D eigenvalue weighted by atomic mass is 10.2. The van der Waals surface area contributed by atoms with Crippen molar-refractivity contribution in [3.05, 3.63) is 0 Å². The molecule has 0 aliphatic carbocycles. The lowest BCUT2D eigenvalue weighted by Crippen LogP contribution is -2.18. The van der Waals surface area contributed by atoms with Crippen LogP contribution in [0.3, 0.4) is 0 Å². The number of hydrogen-bond donors (Lipinski definition) is 1. The molecule has 0 amide bonds. The Morgan fingerprint density at radius 1 is 1.75 bits per heavy atom. The minimum Gasteiger partial charge on any atom is -0.327 e. The summed E-state index contributed by atoms with van der Waals surface area (Å²) in [4.78, 5) is 0. The van der Waals surface area contributed by atoms with Gasteiger partial charge in [-0.2, -0.15) is 11.8 Å². The van der Waals surface area contributed by atoms with E-state index < -0.39 is 0 Å². The van der Waals surface area contributed by atoms with Crippen molar-refractivity contribution in [2.75, 3.05) is 5.75 Å². The summed E-state index contributed by atoms with van der Waals surface area (Å²) < 4.78 is 0. The van der Waals surface area contributed by atoms with Gasteiger partial charge in [0, 0.05) is 17.0 Å². The van der Waals surface area contributed by atoms with Crippen molar-refractivity contribution in [3.63, 3.8) is 0 Å². The monoisotopic (exact) mass is 131 g/mol. The lowest BCUT2D eigenvalue weighted by molar-refractivity contribution is 0.669. The second kappa shape index (κ2) is 2.74. The third-order valence-electron chi connectivity index (χ3n) is 1.57. The lowest BCUT2D eigenvalue weighted by Gasteiger charge is -2.01. The first-order valence-electron chi connectivity index (χ1n) is 3.20. The summed E-state index contributed by atoms with van der Waals surface area (Å²) >= 11 is 2.03. The van der Waals surface area contributed by atoms with E-state index in [-0.39, 0.29) is 0 Å². The zero-order valence-electron chi connectivity index (χ0n) is 5.26. The number of thioether (sulfide) groups is 1. The molecular weight excluding hydrogens is 118 g/mol. The first-order chi connectivity index (χ1) is 3.83. The average Bonchev–Trinajstić information content (AvgIpc) is 2.14. The minimum atomic E-state index is 0.491. The van der Waals surface area contributed by atoms with Gasteiger partial charge in [0.1, 0.15) is 0 Å². The van der Waals surface area contributed by atoms with Gasteiger partial charge in [-0.25, -0.2) is 0 Å². The van der Waals surface area contributed by atoms with E-state index in [4.69, 9.17) is 5.73 Å². The molecule has 0 saturated carbocycles. The van der Waals surface area contributed by atoms with Gasteiger partial charge in [-0.3, -0.25) is 0 Å². The largest absolute Gasteiger partial charge is 0.327 e. The van der Waals surface area contributed by atoms with Gasteiger partial charge in [-0.15, -0.1) is 0 Å². The molecule has 48 valence electrons. The summed E-state index contributed by atoms with van der Waals surface area (Å²) in [5, 5.41) is 0.866. The summed E-state index contributed by atoms with van der Waals surface area (Å²) in [5.41, 5.74) is 5.68. The minimum absolute atomic E-state index is 0.491. The third-order valence-corrected chi connectivity index (χ3v) is 3.18. The Labute approximate surface area is 55.0 Å². The average molecular weight is 131 g/mol.